The average molecular weight is 340 g/mol. The lowest BCUT2D eigenvalue weighted by atomic mass is 10.1. The van der Waals surface area contributed by atoms with E-state index in [0.717, 1.165) is 59.8 Å². The molecule has 0 radical (unpaired) electrons. The van der Waals surface area contributed by atoms with Gasteiger partial charge in [0.15, 0.2) is 0 Å². The van der Waals surface area contributed by atoms with Crippen molar-refractivity contribution in [3.63, 3.8) is 0 Å². The molecule has 0 atom stereocenters. The van der Waals surface area contributed by atoms with E-state index in [4.69, 9.17) is 21.3 Å². The number of rotatable bonds is 2. The molecule has 24 heavy (non-hydrogen) atoms. The van der Waals surface area contributed by atoms with Gasteiger partial charge in [0.25, 0.3) is 0 Å². The summed E-state index contributed by atoms with van der Waals surface area (Å²) in [5, 5.41) is 1.78. The number of halogens is 1. The molecule has 3 heterocycles. The highest BCUT2D eigenvalue weighted by Gasteiger charge is 2.18. The molecule has 1 fully saturated rings. The molecular weight excluding hydrogens is 322 g/mol. The lowest BCUT2D eigenvalue weighted by Crippen LogP contribution is -2.37. The number of pyridine rings is 2. The minimum Gasteiger partial charge on any atom is -0.378 e. The molecule has 3 aromatic rings. The summed E-state index contributed by atoms with van der Waals surface area (Å²) in [5.74, 6) is 0.954. The summed E-state index contributed by atoms with van der Waals surface area (Å²) in [6.45, 7) is 5.15. The Morgan fingerprint density at radius 1 is 1.12 bits per heavy atom. The van der Waals surface area contributed by atoms with Crippen LogP contribution in [0.1, 0.15) is 5.56 Å². The van der Waals surface area contributed by atoms with Crippen molar-refractivity contribution in [1.29, 1.82) is 0 Å². The summed E-state index contributed by atoms with van der Waals surface area (Å²) < 4.78 is 5.47. The minimum atomic E-state index is 0.714. The first-order valence-electron chi connectivity index (χ1n) is 8.07. The van der Waals surface area contributed by atoms with Crippen molar-refractivity contribution < 1.29 is 4.74 Å². The van der Waals surface area contributed by atoms with Crippen LogP contribution < -0.4 is 4.90 Å². The lowest BCUT2D eigenvalue weighted by Gasteiger charge is -2.29. The fourth-order valence-corrected chi connectivity index (χ4v) is 3.37. The van der Waals surface area contributed by atoms with Crippen LogP contribution in [0.25, 0.3) is 22.2 Å². The van der Waals surface area contributed by atoms with E-state index in [1.807, 2.05) is 37.4 Å². The predicted molar refractivity (Wildman–Crippen MR) is 97.8 cm³/mol. The number of anilines is 1. The van der Waals surface area contributed by atoms with Crippen LogP contribution in [0.2, 0.25) is 5.02 Å². The van der Waals surface area contributed by atoms with Crippen molar-refractivity contribution >= 4 is 28.3 Å². The van der Waals surface area contributed by atoms with Gasteiger partial charge in [-0.1, -0.05) is 23.7 Å². The summed E-state index contributed by atoms with van der Waals surface area (Å²) in [4.78, 5) is 11.7. The average Bonchev–Trinajstić information content (AvgIpc) is 2.61. The Labute approximate surface area is 146 Å². The van der Waals surface area contributed by atoms with Gasteiger partial charge in [-0.15, -0.1) is 0 Å². The van der Waals surface area contributed by atoms with E-state index in [9.17, 15) is 0 Å². The van der Waals surface area contributed by atoms with Crippen LogP contribution in [0, 0.1) is 6.92 Å². The molecule has 0 spiro atoms. The van der Waals surface area contributed by atoms with Gasteiger partial charge in [-0.25, -0.2) is 4.98 Å². The van der Waals surface area contributed by atoms with Gasteiger partial charge in [-0.2, -0.15) is 0 Å². The molecule has 4 nitrogen and oxygen atoms in total. The maximum Gasteiger partial charge on any atom is 0.138 e. The molecule has 0 aliphatic carbocycles. The van der Waals surface area contributed by atoms with E-state index in [0.29, 0.717) is 5.02 Å². The molecule has 5 heteroatoms. The van der Waals surface area contributed by atoms with E-state index in [2.05, 4.69) is 22.0 Å². The first kappa shape index (κ1) is 15.4. The van der Waals surface area contributed by atoms with Crippen molar-refractivity contribution in [2.24, 2.45) is 0 Å². The van der Waals surface area contributed by atoms with Gasteiger partial charge in [0.2, 0.25) is 0 Å². The molecule has 2 aromatic heterocycles. The Kier molecular flexibility index (Phi) is 4.08. The fraction of sp³-hybridized carbons (Fsp3) is 0.263. The molecule has 1 aliphatic heterocycles. The van der Waals surface area contributed by atoms with Gasteiger partial charge in [0.1, 0.15) is 5.82 Å². The second-order valence-electron chi connectivity index (χ2n) is 5.98. The third-order valence-corrected chi connectivity index (χ3v) is 4.60. The van der Waals surface area contributed by atoms with Crippen LogP contribution in [-0.4, -0.2) is 36.3 Å². The standard InChI is InChI=1S/C19H18ClN3O/c1-13-4-5-14(16(20)11-13)18-12-17-15(3-2-6-21-17)19(22-18)23-7-9-24-10-8-23/h2-6,11-12H,7-10H2,1H3. The molecular formula is C19H18ClN3O. The Balaban J connectivity index is 1.90. The number of ether oxygens (including phenoxy) is 1. The number of hydrogen-bond acceptors (Lipinski definition) is 4. The van der Waals surface area contributed by atoms with E-state index < -0.39 is 0 Å². The van der Waals surface area contributed by atoms with Gasteiger partial charge in [-0.05, 0) is 36.8 Å². The molecule has 1 aromatic carbocycles. The largest absolute Gasteiger partial charge is 0.378 e. The van der Waals surface area contributed by atoms with Crippen LogP contribution in [-0.2, 0) is 4.74 Å². The zero-order valence-corrected chi connectivity index (χ0v) is 14.3. The summed E-state index contributed by atoms with van der Waals surface area (Å²) in [5.41, 5.74) is 3.86. The van der Waals surface area contributed by atoms with E-state index in [1.165, 1.54) is 0 Å². The Morgan fingerprint density at radius 2 is 1.96 bits per heavy atom. The zero-order chi connectivity index (χ0) is 16.5. The van der Waals surface area contributed by atoms with Crippen molar-refractivity contribution in [1.82, 2.24) is 9.97 Å². The molecule has 0 saturated carbocycles. The summed E-state index contributed by atoms with van der Waals surface area (Å²) in [6.07, 6.45) is 1.81. The van der Waals surface area contributed by atoms with Gasteiger partial charge in [0.05, 0.1) is 29.4 Å². The van der Waals surface area contributed by atoms with Crippen LogP contribution in [0.4, 0.5) is 5.82 Å². The molecule has 4 rings (SSSR count). The SMILES string of the molecule is Cc1ccc(-c2cc3ncccc3c(N3CCOCC3)n2)c(Cl)c1. The number of nitrogens with zero attached hydrogens (tertiary/aromatic N) is 3. The first-order valence-corrected chi connectivity index (χ1v) is 8.45. The Morgan fingerprint density at radius 3 is 2.75 bits per heavy atom. The minimum absolute atomic E-state index is 0.714. The molecule has 122 valence electrons. The highest BCUT2D eigenvalue weighted by molar-refractivity contribution is 6.33. The second kappa shape index (κ2) is 6.38. The van der Waals surface area contributed by atoms with Crippen LogP contribution >= 0.6 is 11.6 Å². The zero-order valence-electron chi connectivity index (χ0n) is 13.5. The normalized spacial score (nSPS) is 15.0. The van der Waals surface area contributed by atoms with Gasteiger partial charge >= 0.3 is 0 Å². The lowest BCUT2D eigenvalue weighted by molar-refractivity contribution is 0.122. The van der Waals surface area contributed by atoms with Crippen LogP contribution in [0.3, 0.4) is 0 Å². The van der Waals surface area contributed by atoms with Crippen LogP contribution in [0.15, 0.2) is 42.6 Å². The predicted octanol–water partition coefficient (Wildman–Crippen LogP) is 4.10. The highest BCUT2D eigenvalue weighted by Crippen LogP contribution is 2.33. The van der Waals surface area contributed by atoms with Gasteiger partial charge in [-0.3, -0.25) is 4.98 Å². The van der Waals surface area contributed by atoms with E-state index >= 15 is 0 Å². The summed E-state index contributed by atoms with van der Waals surface area (Å²) in [7, 11) is 0. The number of hydrogen-bond donors (Lipinski definition) is 0. The molecule has 0 amide bonds. The Bertz CT molecular complexity index is 891. The number of morpholine rings is 1. The summed E-state index contributed by atoms with van der Waals surface area (Å²) >= 11 is 6.46. The monoisotopic (exact) mass is 339 g/mol. The van der Waals surface area contributed by atoms with E-state index in [1.54, 1.807) is 0 Å². The van der Waals surface area contributed by atoms with Crippen LogP contribution in [0.5, 0.6) is 0 Å². The topological polar surface area (TPSA) is 38.2 Å². The van der Waals surface area contributed by atoms with Gasteiger partial charge < -0.3 is 9.64 Å². The molecule has 1 saturated heterocycles. The molecule has 0 unspecified atom stereocenters. The Hall–Kier alpha value is -2.17. The maximum atomic E-state index is 6.46. The maximum absolute atomic E-state index is 6.46. The third kappa shape index (κ3) is 2.83. The highest BCUT2D eigenvalue weighted by atomic mass is 35.5. The van der Waals surface area contributed by atoms with Crippen molar-refractivity contribution in [2.45, 2.75) is 6.92 Å². The smallest absolute Gasteiger partial charge is 0.138 e. The number of benzene rings is 1. The number of fused-ring (bicyclic) bond motifs is 1. The van der Waals surface area contributed by atoms with E-state index in [-0.39, 0.29) is 0 Å². The summed E-state index contributed by atoms with van der Waals surface area (Å²) in [6, 6.07) is 12.1. The molecule has 0 bridgehead atoms. The van der Waals surface area contributed by atoms with Crippen molar-refractivity contribution in [3.05, 3.63) is 53.2 Å². The quantitative estimate of drug-likeness (QED) is 0.704. The number of aryl methyl sites for hydroxylation is 1. The fourth-order valence-electron chi connectivity index (χ4n) is 3.04. The third-order valence-electron chi connectivity index (χ3n) is 4.29. The molecule has 1 aliphatic rings. The van der Waals surface area contributed by atoms with Crippen molar-refractivity contribution in [2.75, 3.05) is 31.2 Å². The van der Waals surface area contributed by atoms with Gasteiger partial charge in [0, 0.05) is 30.2 Å². The van der Waals surface area contributed by atoms with Crippen molar-refractivity contribution in [3.8, 4) is 11.3 Å². The first-order chi connectivity index (χ1) is 11.7. The number of aromatic nitrogens is 2. The second-order valence-corrected chi connectivity index (χ2v) is 6.39. The molecule has 0 N–H and O–H groups in total.